The first-order valence-corrected chi connectivity index (χ1v) is 9.81. The first-order chi connectivity index (χ1) is 12.7. The van der Waals surface area contributed by atoms with Crippen molar-refractivity contribution in [2.75, 3.05) is 18.9 Å². The van der Waals surface area contributed by atoms with Crippen molar-refractivity contribution in [3.05, 3.63) is 83.7 Å². The number of nitrogens with zero attached hydrogens (tertiary/aromatic N) is 1. The van der Waals surface area contributed by atoms with Gasteiger partial charge in [0.15, 0.2) is 5.78 Å². The molecule has 1 atom stereocenters. The molecule has 0 bridgehead atoms. The lowest BCUT2D eigenvalue weighted by Crippen LogP contribution is -2.16. The minimum Gasteiger partial charge on any atom is -0.492 e. The molecule has 0 fully saturated rings. The third-order valence-corrected chi connectivity index (χ3v) is 5.74. The van der Waals surface area contributed by atoms with E-state index in [1.54, 1.807) is 17.8 Å². The first kappa shape index (κ1) is 17.0. The molecule has 2 heterocycles. The predicted octanol–water partition coefficient (Wildman–Crippen LogP) is 4.87. The number of carbonyl (C=O) groups excluding carboxylic acids is 1. The van der Waals surface area contributed by atoms with E-state index in [2.05, 4.69) is 41.4 Å². The maximum Gasteiger partial charge on any atom is 0.187 e. The molecule has 0 spiro atoms. The predicted molar refractivity (Wildman–Crippen MR) is 106 cm³/mol. The van der Waals surface area contributed by atoms with E-state index in [1.807, 2.05) is 31.2 Å². The summed E-state index contributed by atoms with van der Waals surface area (Å²) in [7, 11) is 0. The molecular weight excluding hydrogens is 342 g/mol. The van der Waals surface area contributed by atoms with Crippen molar-refractivity contribution in [1.82, 2.24) is 4.90 Å². The van der Waals surface area contributed by atoms with Gasteiger partial charge in [0.2, 0.25) is 0 Å². The second-order valence-electron chi connectivity index (χ2n) is 6.52. The number of ether oxygens (including phenoxy) is 1. The third-order valence-electron chi connectivity index (χ3n) is 4.74. The minimum absolute atomic E-state index is 0.0352. The van der Waals surface area contributed by atoms with E-state index in [0.717, 1.165) is 35.2 Å². The number of allylic oxidation sites excluding steroid dienone is 2. The molecule has 2 aromatic rings. The molecule has 132 valence electrons. The van der Waals surface area contributed by atoms with Crippen LogP contribution in [-0.2, 0) is 0 Å². The van der Waals surface area contributed by atoms with Gasteiger partial charge < -0.3 is 9.64 Å². The molecule has 26 heavy (non-hydrogen) atoms. The Bertz CT molecular complexity index is 873. The van der Waals surface area contributed by atoms with Gasteiger partial charge in [0, 0.05) is 41.8 Å². The van der Waals surface area contributed by atoms with Crippen molar-refractivity contribution in [3.63, 3.8) is 0 Å². The monoisotopic (exact) mass is 363 g/mol. The summed E-state index contributed by atoms with van der Waals surface area (Å²) in [6, 6.07) is 16.2. The van der Waals surface area contributed by atoms with E-state index in [0.29, 0.717) is 11.5 Å². The summed E-state index contributed by atoms with van der Waals surface area (Å²) in [4.78, 5) is 15.9. The molecule has 4 heteroatoms. The van der Waals surface area contributed by atoms with E-state index in [9.17, 15) is 4.79 Å². The number of ketones is 1. The summed E-state index contributed by atoms with van der Waals surface area (Å²) in [5, 5.41) is 0. The van der Waals surface area contributed by atoms with E-state index in [-0.39, 0.29) is 5.78 Å². The van der Waals surface area contributed by atoms with Gasteiger partial charge in [-0.05, 0) is 30.7 Å². The molecular formula is C22H21NO2S. The SMILES string of the molecule is C/C(=C\C(=O)c1ccc2c(c1)SCCO2)N1C=CC(c2ccccc2)C1. The van der Waals surface area contributed by atoms with E-state index in [4.69, 9.17) is 4.74 Å². The van der Waals surface area contributed by atoms with Gasteiger partial charge in [0.1, 0.15) is 5.75 Å². The number of benzene rings is 2. The van der Waals surface area contributed by atoms with Gasteiger partial charge >= 0.3 is 0 Å². The van der Waals surface area contributed by atoms with Crippen LogP contribution in [0, 0.1) is 0 Å². The normalized spacial score (nSPS) is 19.2. The fraction of sp³-hybridized carbons (Fsp3) is 0.227. The van der Waals surface area contributed by atoms with Crippen molar-refractivity contribution in [2.24, 2.45) is 0 Å². The average molecular weight is 363 g/mol. The molecule has 3 nitrogen and oxygen atoms in total. The smallest absolute Gasteiger partial charge is 0.187 e. The Hall–Kier alpha value is -2.46. The lowest BCUT2D eigenvalue weighted by molar-refractivity contribution is 0.104. The largest absolute Gasteiger partial charge is 0.492 e. The molecule has 0 radical (unpaired) electrons. The second-order valence-corrected chi connectivity index (χ2v) is 7.66. The highest BCUT2D eigenvalue weighted by Gasteiger charge is 2.19. The number of fused-ring (bicyclic) bond motifs is 1. The Morgan fingerprint density at radius 2 is 2.08 bits per heavy atom. The first-order valence-electron chi connectivity index (χ1n) is 8.83. The van der Waals surface area contributed by atoms with Crippen molar-refractivity contribution in [3.8, 4) is 5.75 Å². The van der Waals surface area contributed by atoms with Crippen LogP contribution in [0.15, 0.2) is 77.5 Å². The van der Waals surface area contributed by atoms with Crippen molar-refractivity contribution in [2.45, 2.75) is 17.7 Å². The molecule has 0 saturated heterocycles. The topological polar surface area (TPSA) is 29.5 Å². The van der Waals surface area contributed by atoms with Crippen molar-refractivity contribution in [1.29, 1.82) is 0 Å². The van der Waals surface area contributed by atoms with E-state index in [1.165, 1.54) is 5.56 Å². The van der Waals surface area contributed by atoms with Gasteiger partial charge in [-0.15, -0.1) is 11.8 Å². The summed E-state index contributed by atoms with van der Waals surface area (Å²) in [6.07, 6.45) is 6.01. The molecule has 4 rings (SSSR count). The van der Waals surface area contributed by atoms with Crippen LogP contribution in [0.4, 0.5) is 0 Å². The van der Waals surface area contributed by atoms with Crippen LogP contribution in [0.5, 0.6) is 5.75 Å². The Morgan fingerprint density at radius 3 is 2.92 bits per heavy atom. The highest BCUT2D eigenvalue weighted by Crippen LogP contribution is 2.34. The van der Waals surface area contributed by atoms with Crippen molar-refractivity contribution < 1.29 is 9.53 Å². The van der Waals surface area contributed by atoms with Gasteiger partial charge in [-0.1, -0.05) is 36.4 Å². The summed E-state index contributed by atoms with van der Waals surface area (Å²) >= 11 is 1.74. The summed E-state index contributed by atoms with van der Waals surface area (Å²) < 4.78 is 5.61. The lowest BCUT2D eigenvalue weighted by Gasteiger charge is -2.19. The Morgan fingerprint density at radius 1 is 1.23 bits per heavy atom. The average Bonchev–Trinajstić information content (AvgIpc) is 3.18. The Balaban J connectivity index is 1.46. The van der Waals surface area contributed by atoms with Gasteiger partial charge in [-0.2, -0.15) is 0 Å². The quantitative estimate of drug-likeness (QED) is 0.572. The van der Waals surface area contributed by atoms with Gasteiger partial charge in [0.25, 0.3) is 0 Å². The highest BCUT2D eigenvalue weighted by atomic mass is 32.2. The van der Waals surface area contributed by atoms with Gasteiger partial charge in [-0.3, -0.25) is 4.79 Å². The highest BCUT2D eigenvalue weighted by molar-refractivity contribution is 7.99. The van der Waals surface area contributed by atoms with Crippen LogP contribution in [-0.4, -0.2) is 29.6 Å². The van der Waals surface area contributed by atoms with Crippen LogP contribution in [0.2, 0.25) is 0 Å². The summed E-state index contributed by atoms with van der Waals surface area (Å²) in [5.74, 6) is 2.21. The zero-order chi connectivity index (χ0) is 17.9. The third kappa shape index (κ3) is 3.56. The fourth-order valence-corrected chi connectivity index (χ4v) is 4.14. The maximum absolute atomic E-state index is 12.7. The van der Waals surface area contributed by atoms with Gasteiger partial charge in [-0.25, -0.2) is 0 Å². The molecule has 0 N–H and O–H groups in total. The van der Waals surface area contributed by atoms with Gasteiger partial charge in [0.05, 0.1) is 11.5 Å². The summed E-state index contributed by atoms with van der Waals surface area (Å²) in [5.41, 5.74) is 2.98. The van der Waals surface area contributed by atoms with Crippen molar-refractivity contribution >= 4 is 17.5 Å². The second kappa shape index (κ2) is 7.42. The van der Waals surface area contributed by atoms with E-state index >= 15 is 0 Å². The molecule has 1 unspecified atom stereocenters. The van der Waals surface area contributed by atoms with Crippen LogP contribution in [0.3, 0.4) is 0 Å². The number of carbonyl (C=O) groups is 1. The lowest BCUT2D eigenvalue weighted by atomic mass is 10.0. The standard InChI is InChI=1S/C22H21NO2S/c1-16(23-10-9-19(15-23)17-5-3-2-4-6-17)13-20(24)18-7-8-21-22(14-18)26-12-11-25-21/h2-10,13-14,19H,11-12,15H2,1H3/b16-13+. The molecule has 0 amide bonds. The summed E-state index contributed by atoms with van der Waals surface area (Å²) in [6.45, 7) is 3.59. The zero-order valence-corrected chi connectivity index (χ0v) is 15.5. The maximum atomic E-state index is 12.7. The van der Waals surface area contributed by atoms with Crippen LogP contribution >= 0.6 is 11.8 Å². The molecule has 0 saturated carbocycles. The molecule has 0 aliphatic carbocycles. The number of hydrogen-bond acceptors (Lipinski definition) is 4. The van der Waals surface area contributed by atoms with Crippen LogP contribution in [0.1, 0.15) is 28.8 Å². The molecule has 2 aliphatic heterocycles. The van der Waals surface area contributed by atoms with E-state index < -0.39 is 0 Å². The number of hydrogen-bond donors (Lipinski definition) is 0. The minimum atomic E-state index is 0.0352. The molecule has 2 aliphatic rings. The van der Waals surface area contributed by atoms with Crippen LogP contribution in [0.25, 0.3) is 0 Å². The Labute approximate surface area is 158 Å². The molecule has 2 aromatic carbocycles. The number of thioether (sulfide) groups is 1. The zero-order valence-electron chi connectivity index (χ0n) is 14.7. The fourth-order valence-electron chi connectivity index (χ4n) is 3.27. The Kier molecular flexibility index (Phi) is 4.85. The number of rotatable bonds is 4. The van der Waals surface area contributed by atoms with Crippen LogP contribution < -0.4 is 4.74 Å². The molecule has 0 aromatic heterocycles.